The van der Waals surface area contributed by atoms with Crippen molar-refractivity contribution >= 4 is 17.5 Å². The average molecular weight is 371 g/mol. The lowest BCUT2D eigenvalue weighted by atomic mass is 10.1. The van der Waals surface area contributed by atoms with Crippen molar-refractivity contribution in [2.75, 3.05) is 13.7 Å². The van der Waals surface area contributed by atoms with Gasteiger partial charge in [0, 0.05) is 7.05 Å². The summed E-state index contributed by atoms with van der Waals surface area (Å²) in [5.74, 6) is 0.374. The first-order valence-electron chi connectivity index (χ1n) is 8.14. The average Bonchev–Trinajstić information content (AvgIpc) is 3.21. The molecule has 1 aromatic heterocycles. The van der Waals surface area contributed by atoms with E-state index in [9.17, 15) is 4.79 Å². The van der Waals surface area contributed by atoms with Crippen LogP contribution in [0.5, 0.6) is 5.75 Å². The molecule has 3 aromatic rings. The Kier molecular flexibility index (Phi) is 5.53. The van der Waals surface area contributed by atoms with Crippen LogP contribution in [0.1, 0.15) is 18.5 Å². The molecule has 0 unspecified atom stereocenters. The topological polar surface area (TPSA) is 60.2 Å². The van der Waals surface area contributed by atoms with Gasteiger partial charge in [0.1, 0.15) is 18.4 Å². The Hall–Kier alpha value is -2.86. The molecule has 0 saturated heterocycles. The normalized spacial score (nSPS) is 11.8. The number of hydrogen-bond acceptors (Lipinski definition) is 4. The number of para-hydroxylation sites is 1. The number of likely N-dealkylation sites (N-methyl/N-ethyl adjacent to an activating group) is 1. The Morgan fingerprint density at radius 2 is 1.96 bits per heavy atom. The van der Waals surface area contributed by atoms with Gasteiger partial charge in [0.05, 0.1) is 16.8 Å². The van der Waals surface area contributed by atoms with Crippen molar-refractivity contribution in [2.24, 2.45) is 0 Å². The molecule has 0 saturated carbocycles. The van der Waals surface area contributed by atoms with Crippen LogP contribution < -0.4 is 4.74 Å². The van der Waals surface area contributed by atoms with E-state index in [0.29, 0.717) is 10.8 Å². The van der Waals surface area contributed by atoms with E-state index in [1.54, 1.807) is 35.1 Å². The van der Waals surface area contributed by atoms with E-state index in [4.69, 9.17) is 16.3 Å². The second-order valence-electron chi connectivity index (χ2n) is 5.83. The van der Waals surface area contributed by atoms with Gasteiger partial charge in [-0.2, -0.15) is 5.10 Å². The number of halogens is 1. The fraction of sp³-hybridized carbons (Fsp3) is 0.211. The molecular weight excluding hydrogens is 352 g/mol. The molecule has 0 fully saturated rings. The number of hydrogen-bond donors (Lipinski definition) is 0. The summed E-state index contributed by atoms with van der Waals surface area (Å²) >= 11 is 6.04. The Balaban J connectivity index is 1.62. The third-order valence-corrected chi connectivity index (χ3v) is 4.53. The molecule has 7 heteroatoms. The minimum absolute atomic E-state index is 0.0678. The van der Waals surface area contributed by atoms with Crippen LogP contribution in [0.2, 0.25) is 5.02 Å². The number of carbonyl (C=O) groups is 1. The van der Waals surface area contributed by atoms with Gasteiger partial charge in [-0.15, -0.1) is 0 Å². The summed E-state index contributed by atoms with van der Waals surface area (Å²) in [4.78, 5) is 18.0. The SMILES string of the molecule is C[C@@H](c1ccc(-n2cncn2)cc1)N(C)C(=O)COc1ccccc1Cl. The number of ether oxygens (including phenoxy) is 1. The molecular formula is C19H19ClN4O2. The van der Waals surface area contributed by atoms with E-state index < -0.39 is 0 Å². The van der Waals surface area contributed by atoms with Gasteiger partial charge in [0.15, 0.2) is 6.61 Å². The van der Waals surface area contributed by atoms with Crippen molar-refractivity contribution in [1.82, 2.24) is 19.7 Å². The Labute approximate surface area is 157 Å². The molecule has 0 aliphatic heterocycles. The number of nitrogens with zero attached hydrogens (tertiary/aromatic N) is 4. The van der Waals surface area contributed by atoms with Crippen LogP contribution in [0.15, 0.2) is 61.2 Å². The fourth-order valence-electron chi connectivity index (χ4n) is 2.49. The number of rotatable bonds is 6. The van der Waals surface area contributed by atoms with Gasteiger partial charge in [-0.1, -0.05) is 35.9 Å². The largest absolute Gasteiger partial charge is 0.482 e. The van der Waals surface area contributed by atoms with E-state index >= 15 is 0 Å². The summed E-state index contributed by atoms with van der Waals surface area (Å²) in [6.45, 7) is 1.90. The van der Waals surface area contributed by atoms with Crippen LogP contribution in [0.4, 0.5) is 0 Å². The van der Waals surface area contributed by atoms with Gasteiger partial charge in [-0.25, -0.2) is 9.67 Å². The molecule has 134 valence electrons. The lowest BCUT2D eigenvalue weighted by Crippen LogP contribution is -2.33. The van der Waals surface area contributed by atoms with Gasteiger partial charge < -0.3 is 9.64 Å². The van der Waals surface area contributed by atoms with Gasteiger partial charge >= 0.3 is 0 Å². The maximum atomic E-state index is 12.4. The summed E-state index contributed by atoms with van der Waals surface area (Å²) in [6, 6.07) is 14.8. The second kappa shape index (κ2) is 8.01. The predicted octanol–water partition coefficient (Wildman–Crippen LogP) is 3.52. The Morgan fingerprint density at radius 3 is 2.62 bits per heavy atom. The molecule has 0 aliphatic carbocycles. The third kappa shape index (κ3) is 4.03. The standard InChI is InChI=1S/C19H19ClN4O2/c1-14(15-7-9-16(10-8-15)24-13-21-12-22-24)23(2)19(25)11-26-18-6-4-3-5-17(18)20/h3-10,12-14H,11H2,1-2H3/t14-/m0/s1. The molecule has 1 atom stereocenters. The zero-order valence-electron chi connectivity index (χ0n) is 14.5. The smallest absolute Gasteiger partial charge is 0.260 e. The predicted molar refractivity (Wildman–Crippen MR) is 99.5 cm³/mol. The highest BCUT2D eigenvalue weighted by molar-refractivity contribution is 6.32. The third-order valence-electron chi connectivity index (χ3n) is 4.22. The van der Waals surface area contributed by atoms with E-state index in [1.165, 1.54) is 6.33 Å². The van der Waals surface area contributed by atoms with Crippen molar-refractivity contribution in [3.63, 3.8) is 0 Å². The van der Waals surface area contributed by atoms with Crippen LogP contribution in [-0.2, 0) is 4.79 Å². The summed E-state index contributed by atoms with van der Waals surface area (Å²) < 4.78 is 7.21. The molecule has 26 heavy (non-hydrogen) atoms. The fourth-order valence-corrected chi connectivity index (χ4v) is 2.68. The second-order valence-corrected chi connectivity index (χ2v) is 6.24. The number of amides is 1. The monoisotopic (exact) mass is 370 g/mol. The van der Waals surface area contributed by atoms with Crippen LogP contribution in [0, 0.1) is 0 Å². The van der Waals surface area contributed by atoms with E-state index in [2.05, 4.69) is 10.1 Å². The molecule has 0 bridgehead atoms. The van der Waals surface area contributed by atoms with Crippen LogP contribution >= 0.6 is 11.6 Å². The zero-order chi connectivity index (χ0) is 18.5. The van der Waals surface area contributed by atoms with Crippen LogP contribution in [0.3, 0.4) is 0 Å². The van der Waals surface area contributed by atoms with Gasteiger partial charge in [0.25, 0.3) is 5.91 Å². The molecule has 0 spiro atoms. The highest BCUT2D eigenvalue weighted by Gasteiger charge is 2.18. The van der Waals surface area contributed by atoms with E-state index in [0.717, 1.165) is 11.3 Å². The van der Waals surface area contributed by atoms with Crippen molar-refractivity contribution in [3.8, 4) is 11.4 Å². The summed E-state index contributed by atoms with van der Waals surface area (Å²) in [7, 11) is 1.76. The minimum Gasteiger partial charge on any atom is -0.482 e. The van der Waals surface area contributed by atoms with Crippen LogP contribution in [0.25, 0.3) is 5.69 Å². The molecule has 0 radical (unpaired) electrons. The van der Waals surface area contributed by atoms with Gasteiger partial charge in [0.2, 0.25) is 0 Å². The van der Waals surface area contributed by atoms with Crippen molar-refractivity contribution < 1.29 is 9.53 Å². The van der Waals surface area contributed by atoms with Crippen LogP contribution in [-0.4, -0.2) is 39.2 Å². The van der Waals surface area contributed by atoms with E-state index in [-0.39, 0.29) is 18.6 Å². The van der Waals surface area contributed by atoms with Crippen molar-refractivity contribution in [3.05, 3.63) is 71.8 Å². The van der Waals surface area contributed by atoms with E-state index in [1.807, 2.05) is 43.3 Å². The summed E-state index contributed by atoms with van der Waals surface area (Å²) in [5.41, 5.74) is 1.93. The molecule has 0 N–H and O–H groups in total. The highest BCUT2D eigenvalue weighted by Crippen LogP contribution is 2.24. The summed E-state index contributed by atoms with van der Waals surface area (Å²) in [5, 5.41) is 4.58. The molecule has 2 aromatic carbocycles. The van der Waals surface area contributed by atoms with Gasteiger partial charge in [-0.05, 0) is 36.8 Å². The Bertz CT molecular complexity index is 866. The summed E-state index contributed by atoms with van der Waals surface area (Å²) in [6.07, 6.45) is 3.13. The zero-order valence-corrected chi connectivity index (χ0v) is 15.3. The minimum atomic E-state index is -0.127. The molecule has 3 rings (SSSR count). The first-order valence-corrected chi connectivity index (χ1v) is 8.52. The first-order chi connectivity index (χ1) is 12.6. The first kappa shape index (κ1) is 17.9. The number of carbonyl (C=O) groups excluding carboxylic acids is 1. The maximum Gasteiger partial charge on any atom is 0.260 e. The molecule has 0 aliphatic rings. The maximum absolute atomic E-state index is 12.4. The number of aromatic nitrogens is 3. The molecule has 1 amide bonds. The van der Waals surface area contributed by atoms with Crippen molar-refractivity contribution in [2.45, 2.75) is 13.0 Å². The highest BCUT2D eigenvalue weighted by atomic mass is 35.5. The lowest BCUT2D eigenvalue weighted by molar-refractivity contribution is -0.134. The quantitative estimate of drug-likeness (QED) is 0.666. The lowest BCUT2D eigenvalue weighted by Gasteiger charge is -2.25. The molecule has 1 heterocycles. The number of benzene rings is 2. The van der Waals surface area contributed by atoms with Crippen molar-refractivity contribution in [1.29, 1.82) is 0 Å². The molecule has 6 nitrogen and oxygen atoms in total. The van der Waals surface area contributed by atoms with Gasteiger partial charge in [-0.3, -0.25) is 4.79 Å². The Morgan fingerprint density at radius 1 is 1.23 bits per heavy atom.